The monoisotopic (exact) mass is 324 g/mol. The lowest BCUT2D eigenvalue weighted by Gasteiger charge is -2.29. The molecule has 3 rings (SSSR count). The van der Waals surface area contributed by atoms with Gasteiger partial charge < -0.3 is 9.64 Å². The molecule has 0 unspecified atom stereocenters. The number of nitrogens with zero attached hydrogens (tertiary/aromatic N) is 4. The Kier molecular flexibility index (Phi) is 4.80. The number of esters is 1. The SMILES string of the molecule is CCOC(=O)c1nn(-c2ccccc2)c(N2CCCCC2)c1C#N. The van der Waals surface area contributed by atoms with E-state index in [1.54, 1.807) is 11.6 Å². The molecule has 1 aromatic heterocycles. The Morgan fingerprint density at radius 1 is 1.25 bits per heavy atom. The third-order valence-corrected chi connectivity index (χ3v) is 4.10. The lowest BCUT2D eigenvalue weighted by atomic mass is 10.1. The van der Waals surface area contributed by atoms with Gasteiger partial charge in [-0.3, -0.25) is 0 Å². The largest absolute Gasteiger partial charge is 0.461 e. The minimum atomic E-state index is -0.554. The van der Waals surface area contributed by atoms with Gasteiger partial charge in [0.2, 0.25) is 0 Å². The van der Waals surface area contributed by atoms with Gasteiger partial charge in [0, 0.05) is 13.1 Å². The van der Waals surface area contributed by atoms with Crippen molar-refractivity contribution in [1.82, 2.24) is 9.78 Å². The molecule has 0 aliphatic carbocycles. The maximum absolute atomic E-state index is 12.2. The highest BCUT2D eigenvalue weighted by Crippen LogP contribution is 2.29. The molecule has 0 amide bonds. The lowest BCUT2D eigenvalue weighted by molar-refractivity contribution is 0.0518. The van der Waals surface area contributed by atoms with Crippen LogP contribution in [0.2, 0.25) is 0 Å². The standard InChI is InChI=1S/C18H20N4O2/c1-2-24-18(23)16-15(13-19)17(21-11-7-4-8-12-21)22(20-16)14-9-5-3-6-10-14/h3,5-6,9-10H,2,4,7-8,11-12H2,1H3. The molecule has 6 nitrogen and oxygen atoms in total. The summed E-state index contributed by atoms with van der Waals surface area (Å²) in [7, 11) is 0. The van der Waals surface area contributed by atoms with E-state index in [1.165, 1.54) is 6.42 Å². The predicted octanol–water partition coefficient (Wildman–Crippen LogP) is 2.91. The van der Waals surface area contributed by atoms with Gasteiger partial charge in [-0.25, -0.2) is 9.48 Å². The van der Waals surface area contributed by atoms with Gasteiger partial charge in [0.05, 0.1) is 12.3 Å². The average molecular weight is 324 g/mol. The van der Waals surface area contributed by atoms with Gasteiger partial charge >= 0.3 is 5.97 Å². The molecule has 1 aliphatic heterocycles. The normalized spacial score (nSPS) is 14.2. The zero-order valence-electron chi connectivity index (χ0n) is 13.7. The molecule has 0 radical (unpaired) electrons. The average Bonchev–Trinajstić information content (AvgIpc) is 3.03. The number of benzene rings is 1. The maximum atomic E-state index is 12.2. The van der Waals surface area contributed by atoms with Crippen molar-refractivity contribution < 1.29 is 9.53 Å². The number of hydrogen-bond donors (Lipinski definition) is 0. The van der Waals surface area contributed by atoms with Gasteiger partial charge in [-0.2, -0.15) is 10.4 Å². The van der Waals surface area contributed by atoms with Crippen LogP contribution in [0.1, 0.15) is 42.2 Å². The summed E-state index contributed by atoms with van der Waals surface area (Å²) in [5.74, 6) is 0.133. The Hall–Kier alpha value is -2.81. The Labute approximate surface area is 141 Å². The van der Waals surface area contributed by atoms with E-state index in [2.05, 4.69) is 16.1 Å². The first kappa shape index (κ1) is 16.1. The Morgan fingerprint density at radius 2 is 1.96 bits per heavy atom. The number of carbonyl (C=O) groups excluding carboxylic acids is 1. The fourth-order valence-electron chi connectivity index (χ4n) is 3.00. The molecule has 2 heterocycles. The van der Waals surface area contributed by atoms with E-state index in [1.807, 2.05) is 30.3 Å². The number of carbonyl (C=O) groups is 1. The molecular formula is C18H20N4O2. The summed E-state index contributed by atoms with van der Waals surface area (Å²) < 4.78 is 6.77. The molecule has 124 valence electrons. The van der Waals surface area contributed by atoms with E-state index in [0.29, 0.717) is 11.4 Å². The van der Waals surface area contributed by atoms with Crippen LogP contribution >= 0.6 is 0 Å². The number of ether oxygens (including phenoxy) is 1. The van der Waals surface area contributed by atoms with Crippen LogP contribution in [-0.4, -0.2) is 35.4 Å². The van der Waals surface area contributed by atoms with E-state index in [-0.39, 0.29) is 12.3 Å². The van der Waals surface area contributed by atoms with Crippen LogP contribution in [0.4, 0.5) is 5.82 Å². The summed E-state index contributed by atoms with van der Waals surface area (Å²) in [4.78, 5) is 14.4. The first-order valence-electron chi connectivity index (χ1n) is 8.27. The number of piperidine rings is 1. The smallest absolute Gasteiger partial charge is 0.360 e. The molecule has 24 heavy (non-hydrogen) atoms. The topological polar surface area (TPSA) is 71.2 Å². The van der Waals surface area contributed by atoms with Gasteiger partial charge in [0.1, 0.15) is 11.6 Å². The number of nitriles is 1. The third kappa shape index (κ3) is 2.98. The van der Waals surface area contributed by atoms with E-state index in [9.17, 15) is 10.1 Å². The fraction of sp³-hybridized carbons (Fsp3) is 0.389. The number of rotatable bonds is 4. The second-order valence-corrected chi connectivity index (χ2v) is 5.67. The van der Waals surface area contributed by atoms with Crippen molar-refractivity contribution in [1.29, 1.82) is 5.26 Å². The van der Waals surface area contributed by atoms with Crippen molar-refractivity contribution in [2.45, 2.75) is 26.2 Å². The summed E-state index contributed by atoms with van der Waals surface area (Å²) in [6, 6.07) is 11.7. The first-order chi connectivity index (χ1) is 11.8. The Balaban J connectivity index is 2.15. The molecule has 1 aromatic carbocycles. The van der Waals surface area contributed by atoms with E-state index in [4.69, 9.17) is 4.74 Å². The van der Waals surface area contributed by atoms with Crippen molar-refractivity contribution in [3.05, 3.63) is 41.6 Å². The van der Waals surface area contributed by atoms with E-state index < -0.39 is 5.97 Å². The van der Waals surface area contributed by atoms with Crippen molar-refractivity contribution in [3.8, 4) is 11.8 Å². The van der Waals surface area contributed by atoms with Crippen LogP contribution < -0.4 is 4.90 Å². The summed E-state index contributed by atoms with van der Waals surface area (Å²) >= 11 is 0. The second kappa shape index (κ2) is 7.18. The molecule has 1 aliphatic rings. The number of para-hydroxylation sites is 1. The van der Waals surface area contributed by atoms with Crippen LogP contribution in [0.15, 0.2) is 30.3 Å². The summed E-state index contributed by atoms with van der Waals surface area (Å²) in [6.07, 6.45) is 3.32. The van der Waals surface area contributed by atoms with Crippen LogP contribution in [0.25, 0.3) is 5.69 Å². The number of aromatic nitrogens is 2. The fourth-order valence-corrected chi connectivity index (χ4v) is 3.00. The van der Waals surface area contributed by atoms with Crippen LogP contribution in [0, 0.1) is 11.3 Å². The van der Waals surface area contributed by atoms with Gasteiger partial charge in [0.15, 0.2) is 11.5 Å². The highest BCUT2D eigenvalue weighted by Gasteiger charge is 2.28. The molecule has 0 saturated carbocycles. The summed E-state index contributed by atoms with van der Waals surface area (Å²) in [6.45, 7) is 3.70. The van der Waals surface area contributed by atoms with Crippen LogP contribution in [0.5, 0.6) is 0 Å². The van der Waals surface area contributed by atoms with Crippen LogP contribution in [0.3, 0.4) is 0 Å². The van der Waals surface area contributed by atoms with Gasteiger partial charge in [-0.1, -0.05) is 18.2 Å². The summed E-state index contributed by atoms with van der Waals surface area (Å²) in [5.41, 5.74) is 1.20. The quantitative estimate of drug-likeness (QED) is 0.809. The molecule has 6 heteroatoms. The molecule has 2 aromatic rings. The first-order valence-corrected chi connectivity index (χ1v) is 8.27. The molecule has 0 N–H and O–H groups in total. The molecule has 1 fully saturated rings. The van der Waals surface area contributed by atoms with E-state index in [0.717, 1.165) is 31.6 Å². The van der Waals surface area contributed by atoms with Crippen molar-refractivity contribution >= 4 is 11.8 Å². The van der Waals surface area contributed by atoms with Crippen molar-refractivity contribution in [2.75, 3.05) is 24.6 Å². The van der Waals surface area contributed by atoms with Crippen molar-refractivity contribution in [2.24, 2.45) is 0 Å². The summed E-state index contributed by atoms with van der Waals surface area (Å²) in [5, 5.41) is 14.1. The zero-order valence-corrected chi connectivity index (χ0v) is 13.7. The minimum Gasteiger partial charge on any atom is -0.461 e. The minimum absolute atomic E-state index is 0.0868. The van der Waals surface area contributed by atoms with Crippen molar-refractivity contribution in [3.63, 3.8) is 0 Å². The second-order valence-electron chi connectivity index (χ2n) is 5.67. The molecule has 0 spiro atoms. The third-order valence-electron chi connectivity index (χ3n) is 4.10. The number of hydrogen-bond acceptors (Lipinski definition) is 5. The van der Waals surface area contributed by atoms with Gasteiger partial charge in [-0.05, 0) is 38.3 Å². The Bertz CT molecular complexity index is 755. The maximum Gasteiger partial charge on any atom is 0.360 e. The lowest BCUT2D eigenvalue weighted by Crippen LogP contribution is -2.31. The Morgan fingerprint density at radius 3 is 2.58 bits per heavy atom. The van der Waals surface area contributed by atoms with Gasteiger partial charge in [0.25, 0.3) is 0 Å². The molecule has 0 bridgehead atoms. The zero-order chi connectivity index (χ0) is 16.9. The molecule has 0 atom stereocenters. The molecule has 1 saturated heterocycles. The molecular weight excluding hydrogens is 304 g/mol. The highest BCUT2D eigenvalue weighted by molar-refractivity contribution is 5.92. The highest BCUT2D eigenvalue weighted by atomic mass is 16.5. The van der Waals surface area contributed by atoms with Crippen LogP contribution in [-0.2, 0) is 4.74 Å². The predicted molar refractivity (Wildman–Crippen MR) is 90.3 cm³/mol. The number of anilines is 1. The van der Waals surface area contributed by atoms with E-state index >= 15 is 0 Å². The van der Waals surface area contributed by atoms with Gasteiger partial charge in [-0.15, -0.1) is 0 Å².